The second kappa shape index (κ2) is 11.7. The molecule has 0 radical (unpaired) electrons. The maximum Gasteiger partial charge on any atom is 0.134 e. The summed E-state index contributed by atoms with van der Waals surface area (Å²) in [6.45, 7) is 13.9. The Hall–Kier alpha value is -0.910. The van der Waals surface area contributed by atoms with Crippen molar-refractivity contribution in [1.82, 2.24) is 10.6 Å². The molecule has 5 heteroatoms. The Balaban J connectivity index is 2.61. The third-order valence-electron chi connectivity index (χ3n) is 4.19. The lowest BCUT2D eigenvalue weighted by Crippen LogP contribution is -2.30. The highest BCUT2D eigenvalue weighted by Gasteiger charge is 2.15. The average Bonchev–Trinajstić information content (AvgIpc) is 2.57. The minimum absolute atomic E-state index is 0.143. The highest BCUT2D eigenvalue weighted by molar-refractivity contribution is 7.82. The predicted molar refractivity (Wildman–Crippen MR) is 115 cm³/mol. The quantitative estimate of drug-likeness (QED) is 0.284. The van der Waals surface area contributed by atoms with Gasteiger partial charge in [0.25, 0.3) is 0 Å². The Morgan fingerprint density at radius 2 is 1.92 bits per heavy atom. The molecule has 0 amide bonds. The van der Waals surface area contributed by atoms with Gasteiger partial charge in [0.1, 0.15) is 24.7 Å². The van der Waals surface area contributed by atoms with Gasteiger partial charge in [-0.15, -0.1) is 0 Å². The van der Waals surface area contributed by atoms with E-state index in [2.05, 4.69) is 70.0 Å². The fraction of sp³-hybridized carbons (Fsp3) is 0.714. The van der Waals surface area contributed by atoms with Gasteiger partial charge >= 0.3 is 0 Å². The lowest BCUT2D eigenvalue weighted by Gasteiger charge is -2.23. The largest absolute Gasteiger partial charge is 0.491 e. The van der Waals surface area contributed by atoms with Crippen LogP contribution < -0.4 is 10.6 Å². The first-order valence-electron chi connectivity index (χ1n) is 9.74. The summed E-state index contributed by atoms with van der Waals surface area (Å²) in [5.74, 6) is 2.05. The van der Waals surface area contributed by atoms with Crippen molar-refractivity contribution >= 4 is 12.6 Å². The summed E-state index contributed by atoms with van der Waals surface area (Å²) in [5, 5.41) is 6.85. The number of nitrogens with one attached hydrogen (secondary N) is 2. The predicted octanol–water partition coefficient (Wildman–Crippen LogP) is 4.21. The topological polar surface area (TPSA) is 42.5 Å². The van der Waals surface area contributed by atoms with Crippen molar-refractivity contribution < 1.29 is 9.47 Å². The number of thiol groups is 1. The summed E-state index contributed by atoms with van der Waals surface area (Å²) in [7, 11) is 1.97. The van der Waals surface area contributed by atoms with E-state index >= 15 is 0 Å². The molecule has 0 saturated heterocycles. The summed E-state index contributed by atoms with van der Waals surface area (Å²) in [4.78, 5) is 0. The second-order valence-corrected chi connectivity index (χ2v) is 8.65. The number of rotatable bonds is 11. The molecule has 26 heavy (non-hydrogen) atoms. The van der Waals surface area contributed by atoms with Gasteiger partial charge in [-0.1, -0.05) is 24.6 Å². The van der Waals surface area contributed by atoms with Crippen molar-refractivity contribution in [3.8, 4) is 0 Å². The van der Waals surface area contributed by atoms with Gasteiger partial charge in [0, 0.05) is 30.2 Å². The lowest BCUT2D eigenvalue weighted by molar-refractivity contribution is 0.0534. The van der Waals surface area contributed by atoms with Crippen LogP contribution in [0.1, 0.15) is 53.9 Å². The minimum atomic E-state index is -0.143. The molecule has 1 aliphatic rings. The Kier molecular flexibility index (Phi) is 10.4. The molecule has 0 saturated carbocycles. The summed E-state index contributed by atoms with van der Waals surface area (Å²) in [5.41, 5.74) is 2.60. The highest BCUT2D eigenvalue weighted by Crippen LogP contribution is 2.22. The molecule has 0 aliphatic carbocycles. The molecule has 2 N–H and O–H groups in total. The number of allylic oxidation sites excluding steroid dienone is 2. The molecule has 4 nitrogen and oxygen atoms in total. The van der Waals surface area contributed by atoms with E-state index in [1.54, 1.807) is 0 Å². The molecule has 0 spiro atoms. The molecule has 1 atom stereocenters. The van der Waals surface area contributed by atoms with Crippen LogP contribution in [0.5, 0.6) is 0 Å². The van der Waals surface area contributed by atoms with Crippen LogP contribution in [-0.2, 0) is 9.47 Å². The third-order valence-corrected chi connectivity index (χ3v) is 4.32. The molecule has 150 valence electrons. The van der Waals surface area contributed by atoms with E-state index in [0.717, 1.165) is 43.9 Å². The smallest absolute Gasteiger partial charge is 0.134 e. The van der Waals surface area contributed by atoms with Crippen LogP contribution in [0.3, 0.4) is 0 Å². The van der Waals surface area contributed by atoms with E-state index in [1.165, 1.54) is 11.1 Å². The molecular weight excluding hydrogens is 344 g/mol. The van der Waals surface area contributed by atoms with Crippen molar-refractivity contribution in [1.29, 1.82) is 0 Å². The molecule has 1 aliphatic heterocycles. The van der Waals surface area contributed by atoms with E-state index in [0.29, 0.717) is 13.2 Å². The number of hydrogen-bond donors (Lipinski definition) is 3. The summed E-state index contributed by atoms with van der Waals surface area (Å²) in [6.07, 6.45) is 7.36. The monoisotopic (exact) mass is 382 g/mol. The van der Waals surface area contributed by atoms with Gasteiger partial charge in [-0.25, -0.2) is 0 Å². The summed E-state index contributed by atoms with van der Waals surface area (Å²) >= 11 is 4.68. The van der Waals surface area contributed by atoms with Crippen LogP contribution >= 0.6 is 12.6 Å². The average molecular weight is 383 g/mol. The number of ether oxygens (including phenoxy) is 2. The van der Waals surface area contributed by atoms with Crippen LogP contribution in [0.2, 0.25) is 0 Å². The van der Waals surface area contributed by atoms with Crippen LogP contribution in [0.15, 0.2) is 34.8 Å². The van der Waals surface area contributed by atoms with Gasteiger partial charge in [0.15, 0.2) is 0 Å². The molecule has 0 aromatic carbocycles. The first kappa shape index (κ1) is 23.1. The highest BCUT2D eigenvalue weighted by atomic mass is 32.1. The SMILES string of the molecule is CCC1=C(CCCN[C@@H](C)C(/C=C(/C)CNC)=C/C(C)(C)S)OCCO1. The van der Waals surface area contributed by atoms with Gasteiger partial charge < -0.3 is 20.1 Å². The second-order valence-electron chi connectivity index (χ2n) is 7.50. The van der Waals surface area contributed by atoms with Crippen LogP contribution in [-0.4, -0.2) is 44.1 Å². The van der Waals surface area contributed by atoms with Crippen molar-refractivity contribution in [2.45, 2.75) is 64.7 Å². The van der Waals surface area contributed by atoms with E-state index in [4.69, 9.17) is 9.47 Å². The Labute approximate surface area is 165 Å². The number of hydrogen-bond acceptors (Lipinski definition) is 5. The van der Waals surface area contributed by atoms with Gasteiger partial charge in [-0.2, -0.15) is 12.6 Å². The van der Waals surface area contributed by atoms with E-state index in [-0.39, 0.29) is 10.8 Å². The molecule has 0 unspecified atom stereocenters. The van der Waals surface area contributed by atoms with Crippen LogP contribution in [0.25, 0.3) is 0 Å². The van der Waals surface area contributed by atoms with E-state index in [1.807, 2.05) is 7.05 Å². The first-order chi connectivity index (χ1) is 12.3. The maximum absolute atomic E-state index is 5.77. The zero-order valence-electron chi connectivity index (χ0n) is 17.4. The molecule has 0 aromatic heterocycles. The first-order valence-corrected chi connectivity index (χ1v) is 10.2. The molecule has 0 aromatic rings. The Bertz CT molecular complexity index is 519. The van der Waals surface area contributed by atoms with Crippen molar-refractivity contribution in [2.75, 3.05) is 33.4 Å². The van der Waals surface area contributed by atoms with E-state index < -0.39 is 0 Å². The van der Waals surface area contributed by atoms with Gasteiger partial charge in [-0.3, -0.25) is 0 Å². The van der Waals surface area contributed by atoms with E-state index in [9.17, 15) is 0 Å². The normalized spacial score (nSPS) is 17.8. The fourth-order valence-corrected chi connectivity index (χ4v) is 3.15. The zero-order chi connectivity index (χ0) is 19.6. The third kappa shape index (κ3) is 9.15. The van der Waals surface area contributed by atoms with Gasteiger partial charge in [0.2, 0.25) is 0 Å². The fourth-order valence-electron chi connectivity index (χ4n) is 3.00. The van der Waals surface area contributed by atoms with Crippen molar-refractivity contribution in [2.24, 2.45) is 0 Å². The molecule has 0 fully saturated rings. The molecule has 0 bridgehead atoms. The Morgan fingerprint density at radius 3 is 2.50 bits per heavy atom. The maximum atomic E-state index is 5.77. The van der Waals surface area contributed by atoms with Crippen molar-refractivity contribution in [3.63, 3.8) is 0 Å². The zero-order valence-corrected chi connectivity index (χ0v) is 18.3. The molecule has 1 rings (SSSR count). The van der Waals surface area contributed by atoms with Crippen LogP contribution in [0, 0.1) is 0 Å². The van der Waals surface area contributed by atoms with Gasteiger partial charge in [0.05, 0.1) is 0 Å². The Morgan fingerprint density at radius 1 is 1.27 bits per heavy atom. The number of likely N-dealkylation sites (N-methyl/N-ethyl adjacent to an activating group) is 1. The molecule has 1 heterocycles. The van der Waals surface area contributed by atoms with Crippen molar-refractivity contribution in [3.05, 3.63) is 34.8 Å². The standard InChI is InChI=1S/C21H38N2O2S/c1-7-19-20(25-12-11-24-19)9-8-10-23-17(3)18(14-21(4,5)26)13-16(2)15-22-6/h13-14,17,22-23,26H,7-12,15H2,1-6H3/b16-13-,18-14+/t17-/m0/s1. The summed E-state index contributed by atoms with van der Waals surface area (Å²) < 4.78 is 11.3. The van der Waals surface area contributed by atoms with Crippen LogP contribution in [0.4, 0.5) is 0 Å². The summed E-state index contributed by atoms with van der Waals surface area (Å²) in [6, 6.07) is 0.274. The minimum Gasteiger partial charge on any atom is -0.491 e. The van der Waals surface area contributed by atoms with Gasteiger partial charge in [-0.05, 0) is 53.3 Å². The molecular formula is C21H38N2O2S. The lowest BCUT2D eigenvalue weighted by atomic mass is 10.00.